The van der Waals surface area contributed by atoms with E-state index in [2.05, 4.69) is 0 Å². The topological polar surface area (TPSA) is 59.1 Å². The fourth-order valence-electron chi connectivity index (χ4n) is 2.56. The number of anilines is 1. The second-order valence-corrected chi connectivity index (χ2v) is 5.25. The number of hydrogen-bond acceptors (Lipinski definition) is 4. The molecule has 0 radical (unpaired) electrons. The maximum atomic E-state index is 12.4. The predicted octanol–water partition coefficient (Wildman–Crippen LogP) is 2.54. The van der Waals surface area contributed by atoms with E-state index in [1.807, 2.05) is 30.3 Å². The van der Waals surface area contributed by atoms with Gasteiger partial charge in [0.25, 0.3) is 5.91 Å². The summed E-state index contributed by atoms with van der Waals surface area (Å²) >= 11 is 0. The van der Waals surface area contributed by atoms with Crippen molar-refractivity contribution >= 4 is 17.6 Å². The van der Waals surface area contributed by atoms with Crippen LogP contribution in [0.4, 0.5) is 10.5 Å². The van der Waals surface area contributed by atoms with Crippen molar-refractivity contribution in [3.05, 3.63) is 54.6 Å². The normalized spacial score (nSPS) is 14.2. The Morgan fingerprint density at radius 3 is 2.33 bits per heavy atom. The Labute approximate surface area is 140 Å². The van der Waals surface area contributed by atoms with Crippen molar-refractivity contribution < 1.29 is 19.1 Å². The Morgan fingerprint density at radius 2 is 1.62 bits per heavy atom. The van der Waals surface area contributed by atoms with Crippen molar-refractivity contribution in [3.8, 4) is 11.5 Å². The van der Waals surface area contributed by atoms with E-state index in [9.17, 15) is 9.59 Å². The Morgan fingerprint density at radius 1 is 0.958 bits per heavy atom. The SMILES string of the molecule is COc1ccccc1OCCN1C(=O)CN(c2ccccc2)C1=O. The number of nitrogens with zero attached hydrogens (tertiary/aromatic N) is 2. The first kappa shape index (κ1) is 15.9. The molecule has 0 spiro atoms. The maximum absolute atomic E-state index is 12.4. The summed E-state index contributed by atoms with van der Waals surface area (Å²) in [5, 5.41) is 0. The van der Waals surface area contributed by atoms with Gasteiger partial charge in [0.2, 0.25) is 0 Å². The zero-order valence-corrected chi connectivity index (χ0v) is 13.3. The van der Waals surface area contributed by atoms with E-state index in [0.29, 0.717) is 17.2 Å². The molecule has 2 aromatic carbocycles. The van der Waals surface area contributed by atoms with Gasteiger partial charge in [-0.25, -0.2) is 4.79 Å². The molecule has 3 amide bonds. The third kappa shape index (κ3) is 3.17. The predicted molar refractivity (Wildman–Crippen MR) is 89.4 cm³/mol. The van der Waals surface area contributed by atoms with Crippen LogP contribution in [0.25, 0.3) is 0 Å². The third-order valence-corrected chi connectivity index (χ3v) is 3.77. The number of methoxy groups -OCH3 is 1. The Bertz CT molecular complexity index is 733. The molecule has 0 saturated carbocycles. The van der Waals surface area contributed by atoms with Gasteiger partial charge in [-0.2, -0.15) is 0 Å². The summed E-state index contributed by atoms with van der Waals surface area (Å²) in [4.78, 5) is 27.2. The number of amides is 3. The molecule has 1 heterocycles. The number of hydrogen-bond donors (Lipinski definition) is 0. The zero-order chi connectivity index (χ0) is 16.9. The van der Waals surface area contributed by atoms with Crippen LogP contribution >= 0.6 is 0 Å². The largest absolute Gasteiger partial charge is 0.493 e. The van der Waals surface area contributed by atoms with Crippen LogP contribution in [0, 0.1) is 0 Å². The molecule has 0 aromatic heterocycles. The highest BCUT2D eigenvalue weighted by Crippen LogP contribution is 2.26. The van der Waals surface area contributed by atoms with E-state index >= 15 is 0 Å². The number of carbonyl (C=O) groups excluding carboxylic acids is 2. The van der Waals surface area contributed by atoms with Crippen molar-refractivity contribution in [2.75, 3.05) is 31.7 Å². The standard InChI is InChI=1S/C18H18N2O4/c1-23-15-9-5-6-10-16(15)24-12-11-19-17(21)13-20(18(19)22)14-7-3-2-4-8-14/h2-10H,11-13H2,1H3. The summed E-state index contributed by atoms with van der Waals surface area (Å²) in [6.45, 7) is 0.455. The highest BCUT2D eigenvalue weighted by Gasteiger charge is 2.36. The molecule has 0 aliphatic carbocycles. The highest BCUT2D eigenvalue weighted by molar-refractivity contribution is 6.12. The summed E-state index contributed by atoms with van der Waals surface area (Å²) in [6, 6.07) is 16.1. The smallest absolute Gasteiger partial charge is 0.331 e. The summed E-state index contributed by atoms with van der Waals surface area (Å²) in [6.07, 6.45) is 0. The molecule has 0 unspecified atom stereocenters. The van der Waals surface area contributed by atoms with Crippen LogP contribution in [0.2, 0.25) is 0 Å². The van der Waals surface area contributed by atoms with E-state index < -0.39 is 0 Å². The van der Waals surface area contributed by atoms with Gasteiger partial charge in [0.15, 0.2) is 11.5 Å². The van der Waals surface area contributed by atoms with Crippen LogP contribution < -0.4 is 14.4 Å². The first-order valence-electron chi connectivity index (χ1n) is 7.63. The second kappa shape index (κ2) is 7.04. The lowest BCUT2D eigenvalue weighted by Crippen LogP contribution is -2.36. The zero-order valence-electron chi connectivity index (χ0n) is 13.3. The molecule has 0 bridgehead atoms. The fourth-order valence-corrected chi connectivity index (χ4v) is 2.56. The molecular weight excluding hydrogens is 308 g/mol. The molecule has 124 valence electrons. The summed E-state index contributed by atoms with van der Waals surface area (Å²) in [7, 11) is 1.56. The average molecular weight is 326 g/mol. The molecule has 1 saturated heterocycles. The number of urea groups is 1. The van der Waals surface area contributed by atoms with Gasteiger partial charge in [0.05, 0.1) is 13.7 Å². The molecule has 2 aromatic rings. The monoisotopic (exact) mass is 326 g/mol. The molecule has 6 heteroatoms. The van der Waals surface area contributed by atoms with Crippen molar-refractivity contribution in [2.24, 2.45) is 0 Å². The van der Waals surface area contributed by atoms with Gasteiger partial charge in [-0.05, 0) is 24.3 Å². The van der Waals surface area contributed by atoms with Crippen LogP contribution in [0.15, 0.2) is 54.6 Å². The number of benzene rings is 2. The van der Waals surface area contributed by atoms with E-state index in [0.717, 1.165) is 0 Å². The van der Waals surface area contributed by atoms with Crippen molar-refractivity contribution in [3.63, 3.8) is 0 Å². The summed E-state index contributed by atoms with van der Waals surface area (Å²) in [5.74, 6) is 0.967. The Hall–Kier alpha value is -3.02. The minimum Gasteiger partial charge on any atom is -0.493 e. The van der Waals surface area contributed by atoms with E-state index in [1.165, 1.54) is 9.80 Å². The lowest BCUT2D eigenvalue weighted by atomic mass is 10.3. The van der Waals surface area contributed by atoms with Crippen LogP contribution in [-0.4, -0.2) is 43.6 Å². The lowest BCUT2D eigenvalue weighted by molar-refractivity contribution is -0.125. The highest BCUT2D eigenvalue weighted by atomic mass is 16.5. The van der Waals surface area contributed by atoms with Gasteiger partial charge in [-0.1, -0.05) is 30.3 Å². The quantitative estimate of drug-likeness (QED) is 0.766. The molecule has 3 rings (SSSR count). The van der Waals surface area contributed by atoms with Gasteiger partial charge in [0.1, 0.15) is 13.2 Å². The minimum absolute atomic E-state index is 0.0531. The number of para-hydroxylation sites is 3. The molecule has 6 nitrogen and oxygen atoms in total. The summed E-state index contributed by atoms with van der Waals surface area (Å²) < 4.78 is 10.8. The van der Waals surface area contributed by atoms with Crippen LogP contribution in [0.1, 0.15) is 0 Å². The average Bonchev–Trinajstić information content (AvgIpc) is 2.91. The van der Waals surface area contributed by atoms with E-state index in [-0.39, 0.29) is 31.6 Å². The van der Waals surface area contributed by atoms with Crippen LogP contribution in [-0.2, 0) is 4.79 Å². The second-order valence-electron chi connectivity index (χ2n) is 5.25. The Balaban J connectivity index is 1.61. The third-order valence-electron chi connectivity index (χ3n) is 3.77. The fraction of sp³-hybridized carbons (Fsp3) is 0.222. The molecule has 1 fully saturated rings. The van der Waals surface area contributed by atoms with Crippen molar-refractivity contribution in [2.45, 2.75) is 0 Å². The summed E-state index contributed by atoms with van der Waals surface area (Å²) in [5.41, 5.74) is 0.712. The van der Waals surface area contributed by atoms with E-state index in [4.69, 9.17) is 9.47 Å². The van der Waals surface area contributed by atoms with Gasteiger partial charge < -0.3 is 9.47 Å². The van der Waals surface area contributed by atoms with Crippen molar-refractivity contribution in [1.82, 2.24) is 4.90 Å². The molecule has 24 heavy (non-hydrogen) atoms. The molecule has 0 N–H and O–H groups in total. The first-order valence-corrected chi connectivity index (χ1v) is 7.63. The van der Waals surface area contributed by atoms with Crippen LogP contribution in [0.3, 0.4) is 0 Å². The maximum Gasteiger partial charge on any atom is 0.331 e. The molecular formula is C18H18N2O4. The lowest BCUT2D eigenvalue weighted by Gasteiger charge is -2.17. The number of carbonyl (C=O) groups is 2. The van der Waals surface area contributed by atoms with Crippen LogP contribution in [0.5, 0.6) is 11.5 Å². The molecule has 0 atom stereocenters. The van der Waals surface area contributed by atoms with Gasteiger partial charge >= 0.3 is 6.03 Å². The minimum atomic E-state index is -0.324. The van der Waals surface area contributed by atoms with E-state index in [1.54, 1.807) is 31.4 Å². The van der Waals surface area contributed by atoms with Gasteiger partial charge in [-0.15, -0.1) is 0 Å². The number of ether oxygens (including phenoxy) is 2. The first-order chi connectivity index (χ1) is 11.7. The number of rotatable bonds is 6. The van der Waals surface area contributed by atoms with Crippen molar-refractivity contribution in [1.29, 1.82) is 0 Å². The Kier molecular flexibility index (Phi) is 4.65. The molecule has 1 aliphatic rings. The number of imide groups is 1. The van der Waals surface area contributed by atoms with Gasteiger partial charge in [0, 0.05) is 5.69 Å². The molecule has 1 aliphatic heterocycles. The van der Waals surface area contributed by atoms with Gasteiger partial charge in [-0.3, -0.25) is 14.6 Å².